The average Bonchev–Trinajstić information content (AvgIpc) is 2.28. The fourth-order valence-electron chi connectivity index (χ4n) is 2.77. The van der Waals surface area contributed by atoms with Crippen LogP contribution in [0.3, 0.4) is 0 Å². The molecule has 2 rings (SSSR count). The number of nitrogens with one attached hydrogen (secondary N) is 1. The van der Waals surface area contributed by atoms with Gasteiger partial charge in [-0.05, 0) is 63.3 Å². The lowest BCUT2D eigenvalue weighted by molar-refractivity contribution is -0.0553. The number of rotatable bonds is 3. The Balaban J connectivity index is 2.03. The molecule has 1 heterocycles. The van der Waals surface area contributed by atoms with Gasteiger partial charge in [-0.25, -0.2) is 0 Å². The quantitative estimate of drug-likeness (QED) is 0.874. The molecular weight excluding hydrogens is 222 g/mol. The molecule has 1 saturated heterocycles. The van der Waals surface area contributed by atoms with Gasteiger partial charge in [-0.3, -0.25) is 0 Å². The number of hydrogen-bond donors (Lipinski definition) is 1. The van der Waals surface area contributed by atoms with Crippen LogP contribution in [0.25, 0.3) is 0 Å². The Morgan fingerprint density at radius 1 is 1.39 bits per heavy atom. The maximum atomic E-state index is 5.75. The summed E-state index contributed by atoms with van der Waals surface area (Å²) in [6.45, 7) is 9.60. The van der Waals surface area contributed by atoms with Crippen molar-refractivity contribution in [2.45, 2.75) is 58.6 Å². The molecule has 0 radical (unpaired) electrons. The fraction of sp³-hybridized carbons (Fsp3) is 0.625. The molecule has 0 aromatic heterocycles. The van der Waals surface area contributed by atoms with E-state index < -0.39 is 0 Å². The molecule has 0 aliphatic carbocycles. The van der Waals surface area contributed by atoms with Crippen molar-refractivity contribution >= 4 is 5.69 Å². The minimum absolute atomic E-state index is 0.00825. The van der Waals surface area contributed by atoms with E-state index in [4.69, 9.17) is 4.74 Å². The highest BCUT2D eigenvalue weighted by molar-refractivity contribution is 5.49. The number of anilines is 1. The molecule has 0 bridgehead atoms. The third-order valence-corrected chi connectivity index (χ3v) is 3.79. The molecular formula is C16H25NO. The van der Waals surface area contributed by atoms with E-state index in [1.807, 2.05) is 0 Å². The molecule has 0 saturated carbocycles. The Hall–Kier alpha value is -1.02. The van der Waals surface area contributed by atoms with E-state index in [2.05, 4.69) is 51.2 Å². The van der Waals surface area contributed by atoms with Gasteiger partial charge in [0.1, 0.15) is 0 Å². The van der Waals surface area contributed by atoms with Crippen LogP contribution in [0.1, 0.15) is 44.7 Å². The molecule has 0 amide bonds. The summed E-state index contributed by atoms with van der Waals surface area (Å²) in [6, 6.07) is 7.23. The van der Waals surface area contributed by atoms with Gasteiger partial charge in [0.2, 0.25) is 0 Å². The molecule has 1 fully saturated rings. The molecule has 100 valence electrons. The van der Waals surface area contributed by atoms with Crippen molar-refractivity contribution in [2.75, 3.05) is 11.9 Å². The van der Waals surface area contributed by atoms with Gasteiger partial charge in [0.05, 0.1) is 5.60 Å². The van der Waals surface area contributed by atoms with Gasteiger partial charge in [0, 0.05) is 18.3 Å². The Morgan fingerprint density at radius 3 is 2.78 bits per heavy atom. The summed E-state index contributed by atoms with van der Waals surface area (Å²) in [5.41, 5.74) is 4.07. The van der Waals surface area contributed by atoms with Crippen LogP contribution in [0.2, 0.25) is 0 Å². The van der Waals surface area contributed by atoms with Crippen LogP contribution in [-0.2, 0) is 11.2 Å². The van der Waals surface area contributed by atoms with E-state index in [9.17, 15) is 0 Å². The summed E-state index contributed by atoms with van der Waals surface area (Å²) >= 11 is 0. The van der Waals surface area contributed by atoms with Crippen LogP contribution >= 0.6 is 0 Å². The first-order chi connectivity index (χ1) is 8.50. The van der Waals surface area contributed by atoms with Crippen LogP contribution in [0.15, 0.2) is 18.2 Å². The molecule has 18 heavy (non-hydrogen) atoms. The predicted molar refractivity (Wildman–Crippen MR) is 77.2 cm³/mol. The Bertz CT molecular complexity index is 412. The zero-order chi connectivity index (χ0) is 13.2. The van der Waals surface area contributed by atoms with Crippen LogP contribution in [0, 0.1) is 6.92 Å². The highest BCUT2D eigenvalue weighted by Gasteiger charge is 2.28. The van der Waals surface area contributed by atoms with Gasteiger partial charge in [-0.1, -0.05) is 13.0 Å². The van der Waals surface area contributed by atoms with Gasteiger partial charge in [0.15, 0.2) is 0 Å². The second kappa shape index (κ2) is 5.31. The van der Waals surface area contributed by atoms with Crippen molar-refractivity contribution in [3.8, 4) is 0 Å². The summed E-state index contributed by atoms with van der Waals surface area (Å²) in [4.78, 5) is 0. The van der Waals surface area contributed by atoms with Crippen molar-refractivity contribution in [2.24, 2.45) is 0 Å². The topological polar surface area (TPSA) is 21.3 Å². The van der Waals surface area contributed by atoms with E-state index >= 15 is 0 Å². The van der Waals surface area contributed by atoms with Gasteiger partial charge >= 0.3 is 0 Å². The zero-order valence-electron chi connectivity index (χ0n) is 12.0. The number of hydrogen-bond acceptors (Lipinski definition) is 2. The van der Waals surface area contributed by atoms with Gasteiger partial charge in [-0.15, -0.1) is 0 Å². The molecule has 2 heteroatoms. The molecule has 0 spiro atoms. The maximum Gasteiger partial charge on any atom is 0.0646 e. The van der Waals surface area contributed by atoms with Crippen LogP contribution in [-0.4, -0.2) is 18.2 Å². The van der Waals surface area contributed by atoms with E-state index in [0.717, 1.165) is 25.9 Å². The van der Waals surface area contributed by atoms with Crippen molar-refractivity contribution in [3.05, 3.63) is 29.3 Å². The largest absolute Gasteiger partial charge is 0.382 e. The lowest BCUT2D eigenvalue weighted by Gasteiger charge is -2.36. The van der Waals surface area contributed by atoms with E-state index in [0.29, 0.717) is 6.04 Å². The highest BCUT2D eigenvalue weighted by atomic mass is 16.5. The third-order valence-electron chi connectivity index (χ3n) is 3.79. The molecule has 1 aliphatic heterocycles. The highest BCUT2D eigenvalue weighted by Crippen LogP contribution is 2.27. The normalized spacial score (nSPS) is 22.8. The Morgan fingerprint density at radius 2 is 2.17 bits per heavy atom. The summed E-state index contributed by atoms with van der Waals surface area (Å²) in [6.07, 6.45) is 3.27. The zero-order valence-corrected chi connectivity index (χ0v) is 12.0. The van der Waals surface area contributed by atoms with Crippen LogP contribution in [0.4, 0.5) is 5.69 Å². The van der Waals surface area contributed by atoms with E-state index in [-0.39, 0.29) is 5.60 Å². The first-order valence-corrected chi connectivity index (χ1v) is 7.00. The predicted octanol–water partition coefficient (Wildman–Crippen LogP) is 3.93. The summed E-state index contributed by atoms with van der Waals surface area (Å²) < 4.78 is 5.75. The lowest BCUT2D eigenvalue weighted by atomic mass is 9.93. The molecule has 1 atom stereocenters. The minimum atomic E-state index is 0.00825. The first kappa shape index (κ1) is 13.4. The van der Waals surface area contributed by atoms with E-state index in [1.165, 1.54) is 16.8 Å². The first-order valence-electron chi connectivity index (χ1n) is 7.00. The molecule has 2 nitrogen and oxygen atoms in total. The Labute approximate surface area is 111 Å². The van der Waals surface area contributed by atoms with Crippen LogP contribution < -0.4 is 5.32 Å². The molecule has 1 unspecified atom stereocenters. The second-order valence-electron chi connectivity index (χ2n) is 5.94. The summed E-state index contributed by atoms with van der Waals surface area (Å²) in [5, 5.41) is 3.65. The standard InChI is InChI=1S/C16H25NO/c1-5-13-6-7-14(10-12(13)2)17-15-8-9-18-16(3,4)11-15/h6-7,10,15,17H,5,8-9,11H2,1-4H3. The smallest absolute Gasteiger partial charge is 0.0646 e. The van der Waals surface area contributed by atoms with Crippen LogP contribution in [0.5, 0.6) is 0 Å². The van der Waals surface area contributed by atoms with Gasteiger partial charge in [-0.2, -0.15) is 0 Å². The summed E-state index contributed by atoms with van der Waals surface area (Å²) in [5.74, 6) is 0. The SMILES string of the molecule is CCc1ccc(NC2CCOC(C)(C)C2)cc1C. The second-order valence-corrected chi connectivity index (χ2v) is 5.94. The number of ether oxygens (including phenoxy) is 1. The molecule has 1 aromatic carbocycles. The average molecular weight is 247 g/mol. The fourth-order valence-corrected chi connectivity index (χ4v) is 2.77. The minimum Gasteiger partial charge on any atom is -0.382 e. The van der Waals surface area contributed by atoms with Crippen molar-refractivity contribution in [1.29, 1.82) is 0 Å². The number of aryl methyl sites for hydroxylation is 2. The van der Waals surface area contributed by atoms with Gasteiger partial charge < -0.3 is 10.1 Å². The Kier molecular flexibility index (Phi) is 3.96. The molecule has 1 aliphatic rings. The molecule has 1 N–H and O–H groups in total. The lowest BCUT2D eigenvalue weighted by Crippen LogP contribution is -2.40. The van der Waals surface area contributed by atoms with Gasteiger partial charge in [0.25, 0.3) is 0 Å². The van der Waals surface area contributed by atoms with Crippen molar-refractivity contribution < 1.29 is 4.74 Å². The number of benzene rings is 1. The molecule has 1 aromatic rings. The monoisotopic (exact) mass is 247 g/mol. The maximum absolute atomic E-state index is 5.75. The van der Waals surface area contributed by atoms with Crippen molar-refractivity contribution in [3.63, 3.8) is 0 Å². The van der Waals surface area contributed by atoms with Crippen molar-refractivity contribution in [1.82, 2.24) is 0 Å². The van der Waals surface area contributed by atoms with E-state index in [1.54, 1.807) is 0 Å². The third kappa shape index (κ3) is 3.26. The summed E-state index contributed by atoms with van der Waals surface area (Å²) in [7, 11) is 0.